The van der Waals surface area contributed by atoms with Gasteiger partial charge in [0.2, 0.25) is 0 Å². The third-order valence-electron chi connectivity index (χ3n) is 2.34. The van der Waals surface area contributed by atoms with Crippen LogP contribution in [-0.2, 0) is 11.2 Å². The predicted octanol–water partition coefficient (Wildman–Crippen LogP) is -3.37. The zero-order chi connectivity index (χ0) is 9.26. The van der Waals surface area contributed by atoms with Crippen molar-refractivity contribution in [3.8, 4) is 0 Å². The molecule has 1 N–H and O–H groups in total. The molecular formula is C10H10KNO2. The van der Waals surface area contributed by atoms with E-state index in [0.717, 1.165) is 17.5 Å². The molecule has 0 aromatic heterocycles. The van der Waals surface area contributed by atoms with Crippen LogP contribution in [0.1, 0.15) is 17.2 Å². The average molecular weight is 215 g/mol. The van der Waals surface area contributed by atoms with Gasteiger partial charge in [-0.1, -0.05) is 24.3 Å². The molecule has 2 rings (SSSR count). The Labute approximate surface area is 125 Å². The van der Waals surface area contributed by atoms with Crippen LogP contribution in [0.4, 0.5) is 0 Å². The van der Waals surface area contributed by atoms with Crippen molar-refractivity contribution in [2.24, 2.45) is 0 Å². The Hall–Kier alpha value is 0.286. The van der Waals surface area contributed by atoms with Gasteiger partial charge in [-0.15, -0.1) is 0 Å². The fourth-order valence-electron chi connectivity index (χ4n) is 1.71. The van der Waals surface area contributed by atoms with E-state index in [9.17, 15) is 9.90 Å². The van der Waals surface area contributed by atoms with Crippen molar-refractivity contribution in [3.63, 3.8) is 0 Å². The minimum absolute atomic E-state index is 0. The van der Waals surface area contributed by atoms with Crippen LogP contribution in [-0.4, -0.2) is 12.5 Å². The number of hydrogen-bond acceptors (Lipinski definition) is 3. The predicted molar refractivity (Wildman–Crippen MR) is 45.9 cm³/mol. The van der Waals surface area contributed by atoms with Crippen LogP contribution in [0.15, 0.2) is 24.3 Å². The van der Waals surface area contributed by atoms with Gasteiger partial charge in [0, 0.05) is 6.54 Å². The number of rotatable bonds is 1. The number of benzene rings is 1. The summed E-state index contributed by atoms with van der Waals surface area (Å²) in [5, 5.41) is 13.7. The molecule has 0 saturated heterocycles. The number of carbonyl (C=O) groups is 1. The van der Waals surface area contributed by atoms with Crippen LogP contribution in [0.5, 0.6) is 0 Å². The van der Waals surface area contributed by atoms with Crippen molar-refractivity contribution in [2.45, 2.75) is 12.5 Å². The summed E-state index contributed by atoms with van der Waals surface area (Å²) >= 11 is 0. The maximum atomic E-state index is 10.7. The quantitative estimate of drug-likeness (QED) is 0.498. The van der Waals surface area contributed by atoms with Gasteiger partial charge in [-0.25, -0.2) is 0 Å². The van der Waals surface area contributed by atoms with Gasteiger partial charge >= 0.3 is 51.4 Å². The topological polar surface area (TPSA) is 52.2 Å². The molecule has 0 radical (unpaired) electrons. The second-order valence-electron chi connectivity index (χ2n) is 3.15. The van der Waals surface area contributed by atoms with E-state index in [1.54, 1.807) is 0 Å². The van der Waals surface area contributed by atoms with Crippen LogP contribution >= 0.6 is 0 Å². The van der Waals surface area contributed by atoms with Crippen molar-refractivity contribution in [3.05, 3.63) is 35.4 Å². The largest absolute Gasteiger partial charge is 1.00 e. The number of fused-ring (bicyclic) bond motifs is 1. The van der Waals surface area contributed by atoms with Gasteiger partial charge in [0.15, 0.2) is 0 Å². The fraction of sp³-hybridized carbons (Fsp3) is 0.300. The SMILES string of the molecule is O=C([O-])[C@H]1NCCc2ccccc21.[K+]. The van der Waals surface area contributed by atoms with E-state index in [-0.39, 0.29) is 51.4 Å². The molecule has 0 spiro atoms. The molecule has 0 fully saturated rings. The summed E-state index contributed by atoms with van der Waals surface area (Å²) in [6.45, 7) is 0.704. The Balaban J connectivity index is 0.000000980. The molecule has 14 heavy (non-hydrogen) atoms. The van der Waals surface area contributed by atoms with Crippen molar-refractivity contribution in [1.29, 1.82) is 0 Å². The summed E-state index contributed by atoms with van der Waals surface area (Å²) in [4.78, 5) is 10.7. The first-order valence-electron chi connectivity index (χ1n) is 4.31. The first-order valence-corrected chi connectivity index (χ1v) is 4.31. The third-order valence-corrected chi connectivity index (χ3v) is 2.34. The van der Waals surface area contributed by atoms with Gasteiger partial charge < -0.3 is 15.2 Å². The van der Waals surface area contributed by atoms with Crippen LogP contribution < -0.4 is 61.8 Å². The van der Waals surface area contributed by atoms with Crippen molar-refractivity contribution >= 4 is 5.97 Å². The summed E-state index contributed by atoms with van der Waals surface area (Å²) in [5.41, 5.74) is 1.95. The molecule has 0 aliphatic carbocycles. The first-order chi connectivity index (χ1) is 6.29. The number of aliphatic carboxylic acids is 1. The molecule has 0 bridgehead atoms. The Kier molecular flexibility index (Phi) is 4.76. The molecule has 0 amide bonds. The fourth-order valence-corrected chi connectivity index (χ4v) is 1.71. The molecule has 4 heteroatoms. The Morgan fingerprint density at radius 1 is 1.43 bits per heavy atom. The van der Waals surface area contributed by atoms with Crippen LogP contribution in [0.3, 0.4) is 0 Å². The van der Waals surface area contributed by atoms with E-state index in [0.29, 0.717) is 6.54 Å². The molecule has 1 aliphatic rings. The molecule has 68 valence electrons. The van der Waals surface area contributed by atoms with E-state index in [1.807, 2.05) is 24.3 Å². The maximum Gasteiger partial charge on any atom is 1.00 e. The molecule has 0 saturated carbocycles. The third kappa shape index (κ3) is 2.45. The van der Waals surface area contributed by atoms with E-state index in [1.165, 1.54) is 0 Å². The summed E-state index contributed by atoms with van der Waals surface area (Å²) < 4.78 is 0. The monoisotopic (exact) mass is 215 g/mol. The second-order valence-corrected chi connectivity index (χ2v) is 3.15. The Morgan fingerprint density at radius 3 is 2.86 bits per heavy atom. The number of nitrogens with one attached hydrogen (secondary N) is 1. The summed E-state index contributed by atoms with van der Waals surface area (Å²) in [5.74, 6) is -1.05. The van der Waals surface area contributed by atoms with Crippen LogP contribution in [0.25, 0.3) is 0 Å². The summed E-state index contributed by atoms with van der Waals surface area (Å²) in [7, 11) is 0. The number of carboxylic acid groups (broad SMARTS) is 1. The zero-order valence-electron chi connectivity index (χ0n) is 8.12. The average Bonchev–Trinajstić information content (AvgIpc) is 2.17. The van der Waals surface area contributed by atoms with E-state index < -0.39 is 12.0 Å². The van der Waals surface area contributed by atoms with Gasteiger partial charge in [-0.05, 0) is 17.5 Å². The van der Waals surface area contributed by atoms with Gasteiger partial charge in [0.1, 0.15) is 0 Å². The minimum Gasteiger partial charge on any atom is -0.548 e. The van der Waals surface area contributed by atoms with Crippen molar-refractivity contribution < 1.29 is 61.3 Å². The maximum absolute atomic E-state index is 10.7. The summed E-state index contributed by atoms with van der Waals surface area (Å²) in [6.07, 6.45) is 0.889. The normalized spacial score (nSPS) is 19.3. The molecule has 0 unspecified atom stereocenters. The zero-order valence-corrected chi connectivity index (χ0v) is 11.2. The van der Waals surface area contributed by atoms with Crippen LogP contribution in [0, 0.1) is 0 Å². The van der Waals surface area contributed by atoms with Crippen molar-refractivity contribution in [2.75, 3.05) is 6.54 Å². The number of carbonyl (C=O) groups excluding carboxylic acids is 1. The minimum atomic E-state index is -1.05. The van der Waals surface area contributed by atoms with E-state index in [4.69, 9.17) is 0 Å². The Morgan fingerprint density at radius 2 is 2.14 bits per heavy atom. The molecule has 1 aromatic rings. The first kappa shape index (κ1) is 12.4. The number of carboxylic acids is 1. The van der Waals surface area contributed by atoms with Gasteiger partial charge in [-0.3, -0.25) is 0 Å². The smallest absolute Gasteiger partial charge is 0.548 e. The van der Waals surface area contributed by atoms with Gasteiger partial charge in [0.05, 0.1) is 12.0 Å². The molecule has 1 aliphatic heterocycles. The van der Waals surface area contributed by atoms with Crippen molar-refractivity contribution in [1.82, 2.24) is 5.32 Å². The van der Waals surface area contributed by atoms with Crippen LogP contribution in [0.2, 0.25) is 0 Å². The molecule has 1 atom stereocenters. The van der Waals surface area contributed by atoms with Gasteiger partial charge in [0.25, 0.3) is 0 Å². The molecule has 1 heterocycles. The van der Waals surface area contributed by atoms with E-state index in [2.05, 4.69) is 5.32 Å². The Bertz CT molecular complexity index is 341. The number of hydrogen-bond donors (Lipinski definition) is 1. The van der Waals surface area contributed by atoms with E-state index >= 15 is 0 Å². The molecule has 1 aromatic carbocycles. The molecular weight excluding hydrogens is 205 g/mol. The standard InChI is InChI=1S/C10H11NO2.K/c12-10(13)9-8-4-2-1-3-7(8)5-6-11-9;/h1-4,9,11H,5-6H2,(H,12,13);/q;+1/p-1/t9-;/m0./s1. The van der Waals surface area contributed by atoms with Gasteiger partial charge in [-0.2, -0.15) is 0 Å². The molecule has 3 nitrogen and oxygen atoms in total. The second kappa shape index (κ2) is 5.39. The summed E-state index contributed by atoms with van der Waals surface area (Å²) in [6, 6.07) is 6.94.